The fourth-order valence-electron chi connectivity index (χ4n) is 21.2. The second kappa shape index (κ2) is 16.5. The number of nitrogens with zero attached hydrogens (tertiary/aromatic N) is 2. The maximum absolute atomic E-state index is 7.61. The SMILES string of the molecule is Cc1cc(C)c(-c2cc3c4c(c2)N(c2ccc(C(C)(C)C)cc2-c2ccccc2)c2ccc5c(oc6cc7ccccc7cc65)c2B4n2c4ccc(C56CC7CC(CC(C7)C5)C6)cc4c4cc(C56CC7CC(CC(C7)C5)C6)cc-3c42)c(C)c1. The zero-order valence-corrected chi connectivity index (χ0v) is 49.3. The third kappa shape index (κ3) is 6.70. The minimum absolute atomic E-state index is 0.0506. The van der Waals surface area contributed by atoms with Gasteiger partial charge in [0.05, 0.1) is 5.69 Å². The van der Waals surface area contributed by atoms with Gasteiger partial charge in [0.15, 0.2) is 0 Å². The van der Waals surface area contributed by atoms with E-state index in [-0.39, 0.29) is 23.1 Å². The minimum Gasteiger partial charge on any atom is -0.456 e. The maximum Gasteiger partial charge on any atom is 0.337 e. The molecular formula is C79H73BN2O. The fourth-order valence-corrected chi connectivity index (χ4v) is 21.2. The largest absolute Gasteiger partial charge is 0.456 e. The second-order valence-corrected chi connectivity index (χ2v) is 29.9. The number of rotatable bonds is 5. The number of anilines is 3. The second-order valence-electron chi connectivity index (χ2n) is 29.9. The van der Waals surface area contributed by atoms with E-state index >= 15 is 0 Å². The van der Waals surface area contributed by atoms with E-state index in [4.69, 9.17) is 4.42 Å². The number of furan rings is 1. The number of aryl methyl sites for hydroxylation is 3. The summed E-state index contributed by atoms with van der Waals surface area (Å²) >= 11 is 0. The quantitative estimate of drug-likeness (QED) is 0.160. The molecule has 0 N–H and O–H groups in total. The number of benzene rings is 9. The minimum atomic E-state index is -0.170. The van der Waals surface area contributed by atoms with Gasteiger partial charge in [-0.15, -0.1) is 0 Å². The maximum atomic E-state index is 7.61. The predicted molar refractivity (Wildman–Crippen MR) is 348 cm³/mol. The molecule has 0 spiro atoms. The summed E-state index contributed by atoms with van der Waals surface area (Å²) in [6.07, 6.45) is 16.8. The van der Waals surface area contributed by atoms with Gasteiger partial charge in [-0.3, -0.25) is 0 Å². The van der Waals surface area contributed by atoms with Crippen LogP contribution in [0.2, 0.25) is 0 Å². The van der Waals surface area contributed by atoms with Crippen molar-refractivity contribution in [1.82, 2.24) is 4.48 Å². The smallest absolute Gasteiger partial charge is 0.337 e. The molecule has 8 fully saturated rings. The van der Waals surface area contributed by atoms with Gasteiger partial charge in [0, 0.05) is 60.5 Å². The molecule has 2 aromatic heterocycles. The standard InChI is InChI=1S/C79H73BN2O/c1-44-22-45(2)72(46(3)23-44)56-31-64-66-37-59(79-41-50-27-51(42-79)29-52(28-50)43-79)36-65-62-35-58(78-38-47-24-48(39-78)26-49(25-47)40-78)17-20-68(62)82(75(65)66)80-73(64)70(32-56)81(67-19-16-57(77(4,5)6)34-61(67)53-12-8-7-9-13-53)69-21-18-60-63-30-54-14-10-11-15-55(54)33-71(63)83-76(60)74(69)80/h7-23,30-37,47-52H,24-29,38-43H2,1-6H3. The topological polar surface area (TPSA) is 21.3 Å². The molecule has 21 rings (SSSR count). The first-order valence-corrected chi connectivity index (χ1v) is 32.1. The summed E-state index contributed by atoms with van der Waals surface area (Å²) in [5.74, 6) is 5.20. The van der Waals surface area contributed by atoms with Crippen LogP contribution in [-0.2, 0) is 16.2 Å². The summed E-state index contributed by atoms with van der Waals surface area (Å²) in [5.41, 5.74) is 28.0. The molecule has 0 amide bonds. The summed E-state index contributed by atoms with van der Waals surface area (Å²) in [7, 11) is 0. The van der Waals surface area contributed by atoms with Crippen LogP contribution in [0.1, 0.15) is 131 Å². The lowest BCUT2D eigenvalue weighted by molar-refractivity contribution is -0.00527. The van der Waals surface area contributed by atoms with E-state index in [1.165, 1.54) is 204 Å². The van der Waals surface area contributed by atoms with Gasteiger partial charge in [0.1, 0.15) is 11.2 Å². The number of fused-ring (bicyclic) bond motifs is 12. The van der Waals surface area contributed by atoms with Crippen molar-refractivity contribution >= 4 is 89.4 Å². The first kappa shape index (κ1) is 48.1. The Labute approximate surface area is 489 Å². The van der Waals surface area contributed by atoms with Gasteiger partial charge >= 0.3 is 6.85 Å². The molecule has 8 bridgehead atoms. The molecule has 9 aromatic carbocycles. The number of hydrogen-bond acceptors (Lipinski definition) is 2. The molecule has 0 atom stereocenters. The highest BCUT2D eigenvalue weighted by atomic mass is 16.3. The summed E-state index contributed by atoms with van der Waals surface area (Å²) in [5, 5.41) is 7.76. The summed E-state index contributed by atoms with van der Waals surface area (Å²) in [4.78, 5) is 2.70. The third-order valence-corrected chi connectivity index (χ3v) is 23.6. The molecular weight excluding hydrogens is 1000 g/mol. The average Bonchev–Trinajstić information content (AvgIpc) is 1.93. The molecule has 4 heteroatoms. The van der Waals surface area contributed by atoms with E-state index in [1.807, 2.05) is 0 Å². The van der Waals surface area contributed by atoms with Crippen molar-refractivity contribution in [2.24, 2.45) is 35.5 Å². The van der Waals surface area contributed by atoms with Crippen molar-refractivity contribution < 1.29 is 4.42 Å². The Hall–Kier alpha value is -7.30. The molecule has 11 aromatic rings. The fraction of sp³-hybridized carbons (Fsp3) is 0.342. The van der Waals surface area contributed by atoms with Crippen LogP contribution in [0.15, 0.2) is 156 Å². The highest BCUT2D eigenvalue weighted by Gasteiger charge is 2.54. The molecule has 8 saturated carbocycles. The van der Waals surface area contributed by atoms with E-state index < -0.39 is 0 Å². The summed E-state index contributed by atoms with van der Waals surface area (Å²) in [6, 6.07) is 60.8. The van der Waals surface area contributed by atoms with Gasteiger partial charge in [-0.05, 0) is 289 Å². The van der Waals surface area contributed by atoms with Gasteiger partial charge in [0.2, 0.25) is 0 Å². The van der Waals surface area contributed by atoms with Crippen LogP contribution in [0.25, 0.3) is 87.9 Å². The molecule has 10 aliphatic rings. The van der Waals surface area contributed by atoms with E-state index in [0.717, 1.165) is 46.7 Å². The highest BCUT2D eigenvalue weighted by molar-refractivity contribution is 6.91. The van der Waals surface area contributed by atoms with Crippen LogP contribution < -0.4 is 15.8 Å². The molecule has 3 nitrogen and oxygen atoms in total. The Morgan fingerprint density at radius 1 is 0.470 bits per heavy atom. The Morgan fingerprint density at radius 2 is 1.08 bits per heavy atom. The monoisotopic (exact) mass is 1080 g/mol. The van der Waals surface area contributed by atoms with E-state index in [0.29, 0.717) is 0 Å². The van der Waals surface area contributed by atoms with Gasteiger partial charge in [-0.1, -0.05) is 105 Å². The zero-order valence-electron chi connectivity index (χ0n) is 49.3. The Morgan fingerprint density at radius 3 is 1.75 bits per heavy atom. The lowest BCUT2D eigenvalue weighted by Crippen LogP contribution is -2.57. The first-order valence-electron chi connectivity index (χ1n) is 32.1. The Balaban J connectivity index is 0.973. The average molecular weight is 1080 g/mol. The van der Waals surface area contributed by atoms with Gasteiger partial charge in [-0.25, -0.2) is 0 Å². The van der Waals surface area contributed by atoms with Crippen LogP contribution in [0.4, 0.5) is 17.1 Å². The van der Waals surface area contributed by atoms with Crippen LogP contribution >= 0.6 is 0 Å². The molecule has 2 aliphatic heterocycles. The van der Waals surface area contributed by atoms with Crippen molar-refractivity contribution in [3.05, 3.63) is 185 Å². The zero-order chi connectivity index (χ0) is 55.2. The van der Waals surface area contributed by atoms with Crippen molar-refractivity contribution in [1.29, 1.82) is 0 Å². The summed E-state index contributed by atoms with van der Waals surface area (Å²) < 4.78 is 10.5. The molecule has 8 aliphatic carbocycles. The highest BCUT2D eigenvalue weighted by Crippen LogP contribution is 2.64. The predicted octanol–water partition coefficient (Wildman–Crippen LogP) is 19.8. The number of aromatic nitrogens is 1. The molecule has 408 valence electrons. The summed E-state index contributed by atoms with van der Waals surface area (Å²) in [6.45, 7) is 13.9. The number of hydrogen-bond donors (Lipinski definition) is 0. The van der Waals surface area contributed by atoms with E-state index in [9.17, 15) is 0 Å². The van der Waals surface area contributed by atoms with Gasteiger partial charge in [0.25, 0.3) is 0 Å². The van der Waals surface area contributed by atoms with Gasteiger partial charge in [-0.2, -0.15) is 0 Å². The third-order valence-electron chi connectivity index (χ3n) is 23.6. The molecule has 0 radical (unpaired) electrons. The van der Waals surface area contributed by atoms with Crippen molar-refractivity contribution in [3.63, 3.8) is 0 Å². The lowest BCUT2D eigenvalue weighted by Gasteiger charge is -2.57. The van der Waals surface area contributed by atoms with Gasteiger partial charge < -0.3 is 13.8 Å². The lowest BCUT2D eigenvalue weighted by atomic mass is 9.44. The first-order chi connectivity index (χ1) is 40.3. The molecule has 0 saturated heterocycles. The molecule has 0 unspecified atom stereocenters. The van der Waals surface area contributed by atoms with Crippen LogP contribution in [0, 0.1) is 56.3 Å². The van der Waals surface area contributed by atoms with Crippen molar-refractivity contribution in [2.45, 2.75) is 135 Å². The molecule has 4 heterocycles. The molecule has 83 heavy (non-hydrogen) atoms. The van der Waals surface area contributed by atoms with Crippen LogP contribution in [0.3, 0.4) is 0 Å². The van der Waals surface area contributed by atoms with Crippen molar-refractivity contribution in [2.75, 3.05) is 4.90 Å². The Kier molecular flexibility index (Phi) is 9.58. The Bertz CT molecular complexity index is 4580. The van der Waals surface area contributed by atoms with E-state index in [2.05, 4.69) is 203 Å². The van der Waals surface area contributed by atoms with Crippen molar-refractivity contribution in [3.8, 4) is 33.4 Å². The van der Waals surface area contributed by atoms with Crippen LogP contribution in [-0.4, -0.2) is 11.3 Å². The van der Waals surface area contributed by atoms with E-state index in [1.54, 1.807) is 11.1 Å². The normalized spacial score (nSPS) is 26.1. The van der Waals surface area contributed by atoms with Crippen LogP contribution in [0.5, 0.6) is 0 Å².